The highest BCUT2D eigenvalue weighted by atomic mass is 35.5. The average Bonchev–Trinajstić information content (AvgIpc) is 2.39. The van der Waals surface area contributed by atoms with Crippen LogP contribution >= 0.6 is 11.6 Å². The second kappa shape index (κ2) is 6.08. The Morgan fingerprint density at radius 3 is 3.06 bits per heavy atom. The number of hydrogen-bond donors (Lipinski definition) is 1. The molecule has 1 aromatic carbocycles. The maximum Gasteiger partial charge on any atom is 0.101 e. The van der Waals surface area contributed by atoms with Gasteiger partial charge in [0.15, 0.2) is 0 Å². The summed E-state index contributed by atoms with van der Waals surface area (Å²) in [5, 5.41) is 13.2. The molecule has 0 bridgehead atoms. The van der Waals surface area contributed by atoms with Crippen LogP contribution in [-0.2, 0) is 0 Å². The van der Waals surface area contributed by atoms with E-state index in [4.69, 9.17) is 16.9 Å². The van der Waals surface area contributed by atoms with E-state index in [0.717, 1.165) is 25.3 Å². The predicted octanol–water partition coefficient (Wildman–Crippen LogP) is 2.65. The van der Waals surface area contributed by atoms with E-state index < -0.39 is 0 Å². The third kappa shape index (κ3) is 3.16. The fourth-order valence-corrected chi connectivity index (χ4v) is 2.67. The van der Waals surface area contributed by atoms with Crippen molar-refractivity contribution in [2.75, 3.05) is 31.6 Å². The van der Waals surface area contributed by atoms with Gasteiger partial charge in [-0.15, -0.1) is 0 Å². The Morgan fingerprint density at radius 2 is 2.39 bits per heavy atom. The van der Waals surface area contributed by atoms with Crippen molar-refractivity contribution in [1.29, 1.82) is 5.26 Å². The van der Waals surface area contributed by atoms with Gasteiger partial charge in [0.1, 0.15) is 6.07 Å². The van der Waals surface area contributed by atoms with Crippen molar-refractivity contribution < 1.29 is 0 Å². The van der Waals surface area contributed by atoms with Gasteiger partial charge in [-0.25, -0.2) is 0 Å². The molecule has 96 valence electrons. The van der Waals surface area contributed by atoms with Gasteiger partial charge in [-0.1, -0.05) is 11.6 Å². The van der Waals surface area contributed by atoms with Crippen LogP contribution in [0.5, 0.6) is 0 Å². The van der Waals surface area contributed by atoms with Crippen LogP contribution in [0.1, 0.15) is 18.4 Å². The second-order valence-electron chi connectivity index (χ2n) is 4.87. The lowest BCUT2D eigenvalue weighted by molar-refractivity contribution is 0.381. The Labute approximate surface area is 113 Å². The molecule has 1 heterocycles. The summed E-state index contributed by atoms with van der Waals surface area (Å²) in [6, 6.07) is 7.71. The SMILES string of the molecule is CN(CC1CCCNC1)c1ccc(Cl)cc1C#N. The minimum absolute atomic E-state index is 0.614. The molecule has 18 heavy (non-hydrogen) atoms. The highest BCUT2D eigenvalue weighted by molar-refractivity contribution is 6.30. The monoisotopic (exact) mass is 263 g/mol. The topological polar surface area (TPSA) is 39.1 Å². The van der Waals surface area contributed by atoms with E-state index in [0.29, 0.717) is 16.5 Å². The van der Waals surface area contributed by atoms with Crippen molar-refractivity contribution in [2.45, 2.75) is 12.8 Å². The first kappa shape index (κ1) is 13.2. The van der Waals surface area contributed by atoms with Crippen LogP contribution in [0.25, 0.3) is 0 Å². The molecular formula is C14H18ClN3. The molecule has 0 aliphatic carbocycles. The van der Waals surface area contributed by atoms with E-state index in [1.54, 1.807) is 6.07 Å². The molecule has 4 heteroatoms. The van der Waals surface area contributed by atoms with Crippen LogP contribution in [0.15, 0.2) is 18.2 Å². The van der Waals surface area contributed by atoms with E-state index in [2.05, 4.69) is 16.3 Å². The number of hydrogen-bond acceptors (Lipinski definition) is 3. The van der Waals surface area contributed by atoms with Crippen molar-refractivity contribution in [3.05, 3.63) is 28.8 Å². The molecular weight excluding hydrogens is 246 g/mol. The number of nitrogens with zero attached hydrogens (tertiary/aromatic N) is 2. The molecule has 1 atom stereocenters. The van der Waals surface area contributed by atoms with Crippen molar-refractivity contribution in [3.8, 4) is 6.07 Å². The quantitative estimate of drug-likeness (QED) is 0.911. The predicted molar refractivity (Wildman–Crippen MR) is 75.0 cm³/mol. The van der Waals surface area contributed by atoms with Crippen LogP contribution in [0.3, 0.4) is 0 Å². The van der Waals surface area contributed by atoms with Crippen molar-refractivity contribution in [3.63, 3.8) is 0 Å². The molecule has 0 aromatic heterocycles. The normalized spacial score (nSPS) is 19.3. The van der Waals surface area contributed by atoms with Gasteiger partial charge >= 0.3 is 0 Å². The van der Waals surface area contributed by atoms with Crippen molar-refractivity contribution >= 4 is 17.3 Å². The van der Waals surface area contributed by atoms with E-state index in [9.17, 15) is 0 Å². The number of nitriles is 1. The fourth-order valence-electron chi connectivity index (χ4n) is 2.50. The highest BCUT2D eigenvalue weighted by Crippen LogP contribution is 2.24. The second-order valence-corrected chi connectivity index (χ2v) is 5.30. The Morgan fingerprint density at radius 1 is 1.56 bits per heavy atom. The zero-order valence-electron chi connectivity index (χ0n) is 10.6. The molecule has 0 saturated carbocycles. The lowest BCUT2D eigenvalue weighted by Crippen LogP contribution is -2.37. The zero-order valence-corrected chi connectivity index (χ0v) is 11.4. The molecule has 3 nitrogen and oxygen atoms in total. The maximum atomic E-state index is 9.15. The van der Waals surface area contributed by atoms with E-state index >= 15 is 0 Å². The number of nitrogens with one attached hydrogen (secondary N) is 1. The Hall–Kier alpha value is -1.24. The van der Waals surface area contributed by atoms with Crippen LogP contribution in [0.4, 0.5) is 5.69 Å². The lowest BCUT2D eigenvalue weighted by Gasteiger charge is -2.29. The number of anilines is 1. The lowest BCUT2D eigenvalue weighted by atomic mass is 9.99. The molecule has 1 aromatic rings. The number of benzene rings is 1. The first-order valence-corrected chi connectivity index (χ1v) is 6.70. The van der Waals surface area contributed by atoms with Gasteiger partial charge in [0.05, 0.1) is 11.3 Å². The van der Waals surface area contributed by atoms with Gasteiger partial charge in [0, 0.05) is 18.6 Å². The summed E-state index contributed by atoms with van der Waals surface area (Å²) < 4.78 is 0. The Balaban J connectivity index is 2.08. The molecule has 1 saturated heterocycles. The highest BCUT2D eigenvalue weighted by Gasteiger charge is 2.16. The summed E-state index contributed by atoms with van der Waals surface area (Å²) in [4.78, 5) is 2.16. The third-order valence-corrected chi connectivity index (χ3v) is 3.66. The number of rotatable bonds is 3. The molecule has 0 radical (unpaired) electrons. The molecule has 1 N–H and O–H groups in total. The molecule has 1 unspecified atom stereocenters. The Kier molecular flexibility index (Phi) is 4.46. The fraction of sp³-hybridized carbons (Fsp3) is 0.500. The van der Waals surface area contributed by atoms with Crippen LogP contribution in [-0.4, -0.2) is 26.7 Å². The molecule has 2 rings (SSSR count). The number of halogens is 1. The van der Waals surface area contributed by atoms with E-state index in [-0.39, 0.29) is 0 Å². The smallest absolute Gasteiger partial charge is 0.101 e. The van der Waals surface area contributed by atoms with Crippen LogP contribution < -0.4 is 10.2 Å². The van der Waals surface area contributed by atoms with Gasteiger partial charge < -0.3 is 10.2 Å². The third-order valence-electron chi connectivity index (χ3n) is 3.42. The van der Waals surface area contributed by atoms with Crippen LogP contribution in [0.2, 0.25) is 5.02 Å². The first-order chi connectivity index (χ1) is 8.70. The largest absolute Gasteiger partial charge is 0.373 e. The maximum absolute atomic E-state index is 9.15. The minimum Gasteiger partial charge on any atom is -0.373 e. The van der Waals surface area contributed by atoms with Crippen LogP contribution in [0, 0.1) is 17.2 Å². The van der Waals surface area contributed by atoms with Gasteiger partial charge in [-0.05, 0) is 50.0 Å². The molecule has 0 spiro atoms. The molecule has 1 aliphatic heterocycles. The summed E-state index contributed by atoms with van der Waals surface area (Å²) in [6.07, 6.45) is 2.50. The van der Waals surface area contributed by atoms with Crippen molar-refractivity contribution in [1.82, 2.24) is 5.32 Å². The van der Waals surface area contributed by atoms with Gasteiger partial charge in [0.25, 0.3) is 0 Å². The Bertz CT molecular complexity index is 447. The summed E-state index contributed by atoms with van der Waals surface area (Å²) in [7, 11) is 2.04. The summed E-state index contributed by atoms with van der Waals surface area (Å²) in [5.74, 6) is 0.658. The average molecular weight is 264 g/mol. The van der Waals surface area contributed by atoms with E-state index in [1.807, 2.05) is 19.2 Å². The van der Waals surface area contributed by atoms with Gasteiger partial charge in [-0.3, -0.25) is 0 Å². The summed E-state index contributed by atoms with van der Waals surface area (Å²) >= 11 is 5.91. The molecule has 1 fully saturated rings. The summed E-state index contributed by atoms with van der Waals surface area (Å²) in [5.41, 5.74) is 1.61. The zero-order chi connectivity index (χ0) is 13.0. The van der Waals surface area contributed by atoms with E-state index in [1.165, 1.54) is 12.8 Å². The van der Waals surface area contributed by atoms with Gasteiger partial charge in [-0.2, -0.15) is 5.26 Å². The molecule has 0 amide bonds. The molecule has 1 aliphatic rings. The number of piperidine rings is 1. The van der Waals surface area contributed by atoms with Crippen molar-refractivity contribution in [2.24, 2.45) is 5.92 Å². The summed E-state index contributed by atoms with van der Waals surface area (Å²) in [6.45, 7) is 3.17. The first-order valence-electron chi connectivity index (χ1n) is 6.32. The van der Waals surface area contributed by atoms with Gasteiger partial charge in [0.2, 0.25) is 0 Å². The minimum atomic E-state index is 0.614. The standard InChI is InChI=1S/C14H18ClN3/c1-18(10-11-3-2-6-17-9-11)14-5-4-13(15)7-12(14)8-16/h4-5,7,11,17H,2-3,6,9-10H2,1H3.